The molecule has 5 rings (SSSR count). The van der Waals surface area contributed by atoms with E-state index in [0.29, 0.717) is 0 Å². The molecule has 0 spiro atoms. The monoisotopic (exact) mass is 395 g/mol. The maximum atomic E-state index is 13.6. The summed E-state index contributed by atoms with van der Waals surface area (Å²) in [7, 11) is 0. The Bertz CT molecular complexity index is 1420. The van der Waals surface area contributed by atoms with Crippen molar-refractivity contribution in [2.45, 2.75) is 19.9 Å². The van der Waals surface area contributed by atoms with E-state index in [4.69, 9.17) is 0 Å². The third-order valence-electron chi connectivity index (χ3n) is 5.47. The molecule has 0 radical (unpaired) electrons. The van der Waals surface area contributed by atoms with Crippen molar-refractivity contribution in [3.63, 3.8) is 0 Å². The van der Waals surface area contributed by atoms with Crippen molar-refractivity contribution in [3.8, 4) is 5.69 Å². The number of anilines is 1. The van der Waals surface area contributed by atoms with Crippen molar-refractivity contribution in [1.82, 2.24) is 19.7 Å². The van der Waals surface area contributed by atoms with Crippen LogP contribution < -0.4 is 10.9 Å². The summed E-state index contributed by atoms with van der Waals surface area (Å²) >= 11 is 0. The van der Waals surface area contributed by atoms with Gasteiger partial charge in [0.1, 0.15) is 0 Å². The number of benzene rings is 2. The minimum absolute atomic E-state index is 0.0105. The number of hydrogen-bond acceptors (Lipinski definition) is 4. The van der Waals surface area contributed by atoms with Gasteiger partial charge in [0.15, 0.2) is 5.65 Å². The van der Waals surface area contributed by atoms with Gasteiger partial charge in [-0.2, -0.15) is 5.10 Å². The second-order valence-corrected chi connectivity index (χ2v) is 7.44. The zero-order valence-corrected chi connectivity index (χ0v) is 16.8. The van der Waals surface area contributed by atoms with E-state index in [-0.39, 0.29) is 11.6 Å². The van der Waals surface area contributed by atoms with Crippen LogP contribution in [0, 0.1) is 6.92 Å². The standard InChI is InChI=1S/C24H21N5O/c1-15-7-6-8-17-13-21(29(24(30)22(15)17)18-9-4-3-5-10-18)16(2)27-20-11-12-25-23-19(20)14-26-28-23/h3-14,16H,1-2H3,(H2,25,26,27,28)/t16-/m0/s1. The Hall–Kier alpha value is -3.93. The van der Waals surface area contributed by atoms with Gasteiger partial charge in [0.25, 0.3) is 5.56 Å². The lowest BCUT2D eigenvalue weighted by atomic mass is 10.0. The van der Waals surface area contributed by atoms with Crippen LogP contribution in [0.5, 0.6) is 0 Å². The molecule has 0 bridgehead atoms. The number of fused-ring (bicyclic) bond motifs is 2. The van der Waals surface area contributed by atoms with Crippen LogP contribution in [0.4, 0.5) is 5.69 Å². The van der Waals surface area contributed by atoms with E-state index in [2.05, 4.69) is 33.5 Å². The van der Waals surface area contributed by atoms with E-state index in [1.54, 1.807) is 17.0 Å². The molecular formula is C24H21N5O. The first-order chi connectivity index (χ1) is 14.6. The molecule has 148 valence electrons. The topological polar surface area (TPSA) is 75.6 Å². The zero-order chi connectivity index (χ0) is 20.7. The van der Waals surface area contributed by atoms with Gasteiger partial charge in [-0.15, -0.1) is 0 Å². The molecule has 0 amide bonds. The average molecular weight is 395 g/mol. The molecule has 5 aromatic rings. The number of nitrogens with one attached hydrogen (secondary N) is 2. The quantitative estimate of drug-likeness (QED) is 0.461. The molecule has 0 aliphatic heterocycles. The average Bonchev–Trinajstić information content (AvgIpc) is 3.24. The molecule has 0 saturated heterocycles. The highest BCUT2D eigenvalue weighted by Crippen LogP contribution is 2.27. The first kappa shape index (κ1) is 18.1. The van der Waals surface area contributed by atoms with Gasteiger partial charge in [-0.3, -0.25) is 14.5 Å². The molecule has 2 aromatic carbocycles. The summed E-state index contributed by atoms with van der Waals surface area (Å²) in [5, 5.41) is 13.1. The van der Waals surface area contributed by atoms with Crippen molar-refractivity contribution in [2.24, 2.45) is 0 Å². The summed E-state index contributed by atoms with van der Waals surface area (Å²) in [4.78, 5) is 17.9. The number of para-hydroxylation sites is 1. The van der Waals surface area contributed by atoms with Crippen LogP contribution in [0.1, 0.15) is 24.2 Å². The van der Waals surface area contributed by atoms with Crippen molar-refractivity contribution < 1.29 is 0 Å². The van der Waals surface area contributed by atoms with Crippen LogP contribution in [-0.2, 0) is 0 Å². The summed E-state index contributed by atoms with van der Waals surface area (Å²) in [6.07, 6.45) is 3.50. The highest BCUT2D eigenvalue weighted by Gasteiger charge is 2.18. The minimum Gasteiger partial charge on any atom is -0.376 e. The van der Waals surface area contributed by atoms with Gasteiger partial charge in [0, 0.05) is 23.3 Å². The second-order valence-electron chi connectivity index (χ2n) is 7.44. The van der Waals surface area contributed by atoms with E-state index in [1.165, 1.54) is 0 Å². The fourth-order valence-electron chi connectivity index (χ4n) is 4.00. The maximum absolute atomic E-state index is 13.6. The number of pyridine rings is 2. The zero-order valence-electron chi connectivity index (χ0n) is 16.8. The van der Waals surface area contributed by atoms with E-state index in [0.717, 1.165) is 44.4 Å². The van der Waals surface area contributed by atoms with E-state index < -0.39 is 0 Å². The van der Waals surface area contributed by atoms with Gasteiger partial charge in [0.05, 0.1) is 23.0 Å². The summed E-state index contributed by atoms with van der Waals surface area (Å²) in [6.45, 7) is 4.04. The summed E-state index contributed by atoms with van der Waals surface area (Å²) < 4.78 is 1.81. The van der Waals surface area contributed by atoms with Gasteiger partial charge in [0.2, 0.25) is 0 Å². The largest absolute Gasteiger partial charge is 0.376 e. The third kappa shape index (κ3) is 2.93. The summed E-state index contributed by atoms with van der Waals surface area (Å²) in [6, 6.07) is 19.6. The highest BCUT2D eigenvalue weighted by molar-refractivity contribution is 5.88. The summed E-state index contributed by atoms with van der Waals surface area (Å²) in [5.41, 5.74) is 4.34. The van der Waals surface area contributed by atoms with E-state index >= 15 is 0 Å². The molecule has 1 atom stereocenters. The molecule has 6 heteroatoms. The lowest BCUT2D eigenvalue weighted by Crippen LogP contribution is -2.26. The van der Waals surface area contributed by atoms with Crippen LogP contribution in [0.2, 0.25) is 0 Å². The highest BCUT2D eigenvalue weighted by atomic mass is 16.1. The Balaban J connectivity index is 1.71. The molecule has 0 aliphatic rings. The first-order valence-electron chi connectivity index (χ1n) is 9.89. The number of rotatable bonds is 4. The van der Waals surface area contributed by atoms with Gasteiger partial charge >= 0.3 is 0 Å². The Kier molecular flexibility index (Phi) is 4.32. The molecule has 0 aliphatic carbocycles. The fourth-order valence-corrected chi connectivity index (χ4v) is 4.00. The molecule has 3 aromatic heterocycles. The van der Waals surface area contributed by atoms with Crippen molar-refractivity contribution >= 4 is 27.5 Å². The summed E-state index contributed by atoms with van der Waals surface area (Å²) in [5.74, 6) is 0. The number of nitrogens with zero attached hydrogens (tertiary/aromatic N) is 3. The molecule has 6 nitrogen and oxygen atoms in total. The van der Waals surface area contributed by atoms with Gasteiger partial charge in [-0.1, -0.05) is 36.4 Å². The molecule has 3 heterocycles. The number of aromatic nitrogens is 4. The fraction of sp³-hybridized carbons (Fsp3) is 0.125. The number of hydrogen-bond donors (Lipinski definition) is 2. The Morgan fingerprint density at radius 1 is 1.07 bits per heavy atom. The maximum Gasteiger partial charge on any atom is 0.263 e. The Labute approximate surface area is 173 Å². The number of aromatic amines is 1. The van der Waals surface area contributed by atoms with Crippen LogP contribution in [0.25, 0.3) is 27.5 Å². The Morgan fingerprint density at radius 2 is 1.90 bits per heavy atom. The molecule has 0 saturated carbocycles. The first-order valence-corrected chi connectivity index (χ1v) is 9.89. The van der Waals surface area contributed by atoms with E-state index in [9.17, 15) is 4.79 Å². The van der Waals surface area contributed by atoms with Crippen LogP contribution >= 0.6 is 0 Å². The smallest absolute Gasteiger partial charge is 0.263 e. The van der Waals surface area contributed by atoms with Crippen molar-refractivity contribution in [1.29, 1.82) is 0 Å². The third-order valence-corrected chi connectivity index (χ3v) is 5.47. The normalized spacial score (nSPS) is 12.3. The van der Waals surface area contributed by atoms with Crippen LogP contribution in [-0.4, -0.2) is 19.7 Å². The van der Waals surface area contributed by atoms with Crippen molar-refractivity contribution in [3.05, 3.63) is 94.7 Å². The SMILES string of the molecule is Cc1cccc2cc([C@H](C)Nc3ccnc4[nH]ncc34)n(-c3ccccc3)c(=O)c12. The lowest BCUT2D eigenvalue weighted by molar-refractivity contribution is 0.778. The minimum atomic E-state index is -0.136. The number of H-pyrrole nitrogens is 1. The van der Waals surface area contributed by atoms with Gasteiger partial charge in [-0.05, 0) is 49.1 Å². The number of aryl methyl sites for hydroxylation is 1. The predicted molar refractivity (Wildman–Crippen MR) is 120 cm³/mol. The molecule has 30 heavy (non-hydrogen) atoms. The van der Waals surface area contributed by atoms with Crippen LogP contribution in [0.3, 0.4) is 0 Å². The molecule has 2 N–H and O–H groups in total. The molecular weight excluding hydrogens is 374 g/mol. The molecule has 0 fully saturated rings. The lowest BCUT2D eigenvalue weighted by Gasteiger charge is -2.22. The van der Waals surface area contributed by atoms with Crippen molar-refractivity contribution in [2.75, 3.05) is 5.32 Å². The van der Waals surface area contributed by atoms with Gasteiger partial charge in [-0.25, -0.2) is 4.98 Å². The second kappa shape index (κ2) is 7.15. The predicted octanol–water partition coefficient (Wildman–Crippen LogP) is 4.74. The Morgan fingerprint density at radius 3 is 2.73 bits per heavy atom. The van der Waals surface area contributed by atoms with Gasteiger partial charge < -0.3 is 5.32 Å². The van der Waals surface area contributed by atoms with E-state index in [1.807, 2.05) is 61.5 Å². The molecule has 0 unspecified atom stereocenters. The van der Waals surface area contributed by atoms with Crippen LogP contribution in [0.15, 0.2) is 77.9 Å².